The van der Waals surface area contributed by atoms with Crippen LogP contribution in [0, 0.1) is 23.7 Å². The van der Waals surface area contributed by atoms with Crippen LogP contribution in [0.2, 0.25) is 0 Å². The molecule has 4 aliphatic heterocycles. The minimum absolute atomic E-state index is 0.0150. The van der Waals surface area contributed by atoms with Gasteiger partial charge in [-0.2, -0.15) is 0 Å². The highest BCUT2D eigenvalue weighted by molar-refractivity contribution is 6.00. The van der Waals surface area contributed by atoms with Crippen LogP contribution in [-0.2, 0) is 38.1 Å². The zero-order valence-corrected chi connectivity index (χ0v) is 36.8. The van der Waals surface area contributed by atoms with Gasteiger partial charge < -0.3 is 33.7 Å². The maximum absolute atomic E-state index is 14.9. The quantitative estimate of drug-likeness (QED) is 0.290. The number of Topliss-reactive ketones (excluding diaryl/α,β-unsaturated/α-hetero) is 2. The molecule has 2 aromatic rings. The van der Waals surface area contributed by atoms with Crippen molar-refractivity contribution in [2.24, 2.45) is 23.7 Å². The number of amides is 1. The van der Waals surface area contributed by atoms with E-state index in [0.717, 1.165) is 10.9 Å². The molecule has 6 heterocycles. The molecule has 0 saturated carbocycles. The lowest BCUT2D eigenvalue weighted by atomic mass is 9.73. The number of fused-ring (bicyclic) bond motifs is 2. The Morgan fingerprint density at radius 1 is 1.00 bits per heavy atom. The number of rotatable bonds is 8. The topological polar surface area (TPSA) is 170 Å². The number of aliphatic hydroxyl groups is 1. The second-order valence-corrected chi connectivity index (χ2v) is 18.2. The molecule has 0 radical (unpaired) electrons. The Morgan fingerprint density at radius 3 is 2.32 bits per heavy atom. The van der Waals surface area contributed by atoms with Gasteiger partial charge in [0, 0.05) is 67.8 Å². The average molecular weight is 824 g/mol. The molecule has 59 heavy (non-hydrogen) atoms. The fraction of sp³-hybridized carbons (Fsp3) is 0.727. The lowest BCUT2D eigenvalue weighted by Crippen LogP contribution is -2.66. The number of likely N-dealkylation sites (N-methyl/N-ethyl adjacent to an activating group) is 1. The largest absolute Gasteiger partial charge is 0.458 e. The first kappa shape index (κ1) is 44.9. The van der Waals surface area contributed by atoms with Crippen LogP contribution < -0.4 is 0 Å². The SMILES string of the molecule is CC[C@H]1OC(=O)[C@H](C)C(=O)[C@H](C)[C@@H](O[C@@H]2O[C@H](C)C[C@H](N(C)C)[C@H]2O)[C@](C)(OC)C[C@@H](C)C(=O)[C@H](C)[C@@H]2N(C3CN([C@H](C)c4ccnc5ncccc45)C3)C(=O)O[C@@]21C. The molecular weight excluding hydrogens is 759 g/mol. The van der Waals surface area contributed by atoms with Crippen molar-refractivity contribution < 1.29 is 48.0 Å². The normalized spacial score (nSPS) is 38.7. The van der Waals surface area contributed by atoms with E-state index in [9.17, 15) is 24.3 Å². The number of ether oxygens (including phenoxy) is 5. The minimum atomic E-state index is -1.42. The number of likely N-dealkylation sites (tertiary alicyclic amines) is 1. The van der Waals surface area contributed by atoms with Crippen LogP contribution in [0.1, 0.15) is 93.2 Å². The molecule has 4 fully saturated rings. The molecule has 1 amide bonds. The van der Waals surface area contributed by atoms with Crippen LogP contribution >= 0.6 is 0 Å². The van der Waals surface area contributed by atoms with Crippen molar-refractivity contribution in [3.8, 4) is 0 Å². The van der Waals surface area contributed by atoms with Crippen molar-refractivity contribution in [1.29, 1.82) is 0 Å². The highest BCUT2D eigenvalue weighted by Gasteiger charge is 2.63. The summed E-state index contributed by atoms with van der Waals surface area (Å²) in [4.78, 5) is 72.2. The Balaban J connectivity index is 1.33. The van der Waals surface area contributed by atoms with Gasteiger partial charge in [0.25, 0.3) is 0 Å². The second-order valence-electron chi connectivity index (χ2n) is 18.2. The first-order chi connectivity index (χ1) is 27.8. The second kappa shape index (κ2) is 17.4. The van der Waals surface area contributed by atoms with Gasteiger partial charge in [-0.3, -0.25) is 24.2 Å². The van der Waals surface area contributed by atoms with Crippen LogP contribution in [0.3, 0.4) is 0 Å². The lowest BCUT2D eigenvalue weighted by molar-refractivity contribution is -0.295. The molecule has 326 valence electrons. The summed E-state index contributed by atoms with van der Waals surface area (Å²) in [6, 6.07) is 4.49. The number of esters is 1. The highest BCUT2D eigenvalue weighted by atomic mass is 16.7. The summed E-state index contributed by atoms with van der Waals surface area (Å²) in [6.07, 6.45) is -0.601. The van der Waals surface area contributed by atoms with Gasteiger partial charge in [-0.15, -0.1) is 0 Å². The van der Waals surface area contributed by atoms with Crippen molar-refractivity contribution in [3.63, 3.8) is 0 Å². The summed E-state index contributed by atoms with van der Waals surface area (Å²) in [6.45, 7) is 17.2. The molecule has 0 bridgehead atoms. The molecule has 4 saturated heterocycles. The van der Waals surface area contributed by atoms with Crippen molar-refractivity contribution in [2.75, 3.05) is 34.3 Å². The van der Waals surface area contributed by atoms with Crippen molar-refractivity contribution >= 4 is 34.7 Å². The van der Waals surface area contributed by atoms with Gasteiger partial charge in [-0.05, 0) is 91.7 Å². The van der Waals surface area contributed by atoms with E-state index < -0.39 is 83.4 Å². The summed E-state index contributed by atoms with van der Waals surface area (Å²) in [7, 11) is 5.25. The van der Waals surface area contributed by atoms with Crippen molar-refractivity contribution in [2.45, 2.75) is 148 Å². The molecule has 0 spiro atoms. The van der Waals surface area contributed by atoms with E-state index in [4.69, 9.17) is 23.7 Å². The number of nitrogens with zero attached hydrogens (tertiary/aromatic N) is 5. The Labute approximate surface area is 348 Å². The Morgan fingerprint density at radius 2 is 1.68 bits per heavy atom. The molecule has 15 nitrogen and oxygen atoms in total. The molecule has 0 unspecified atom stereocenters. The fourth-order valence-electron chi connectivity index (χ4n) is 10.3. The molecule has 2 aromatic heterocycles. The summed E-state index contributed by atoms with van der Waals surface area (Å²) < 4.78 is 31.5. The maximum Gasteiger partial charge on any atom is 0.411 e. The van der Waals surface area contributed by atoms with Crippen LogP contribution in [-0.4, -0.2) is 148 Å². The molecule has 4 aliphatic rings. The minimum Gasteiger partial charge on any atom is -0.458 e. The van der Waals surface area contributed by atoms with E-state index in [1.165, 1.54) is 14.0 Å². The lowest BCUT2D eigenvalue weighted by Gasteiger charge is -2.50. The predicted molar refractivity (Wildman–Crippen MR) is 218 cm³/mol. The van der Waals surface area contributed by atoms with Gasteiger partial charge >= 0.3 is 12.1 Å². The number of aromatic nitrogens is 2. The van der Waals surface area contributed by atoms with Gasteiger partial charge in [-0.1, -0.05) is 27.7 Å². The van der Waals surface area contributed by atoms with Gasteiger partial charge in [0.05, 0.1) is 29.9 Å². The summed E-state index contributed by atoms with van der Waals surface area (Å²) in [5.74, 6) is -4.97. The Kier molecular flexibility index (Phi) is 13.3. The third kappa shape index (κ3) is 8.27. The standard InChI is InChI=1S/C44H65N5O10/c1-13-33-44(9)37(49(42(54)59-44)29-21-48(22-29)28(7)30-16-18-46-39-31(30)15-14-17-45-39)25(4)34(50)23(2)20-43(8,55-12)38(26(5)35(51)27(6)40(53)57-33)58-41-36(52)32(47(10)11)19-24(3)56-41/h14-18,23-29,32-33,36-38,41,52H,13,19-22H2,1-12H3/t23-,24-,25+,26+,27-,28-,32+,33-,36-,37+,38-,41+,43-,44-/m1/s1. The van der Waals surface area contributed by atoms with E-state index in [2.05, 4.69) is 21.8 Å². The molecule has 14 atom stereocenters. The smallest absolute Gasteiger partial charge is 0.411 e. The average Bonchev–Trinajstić information content (AvgIpc) is 3.46. The van der Waals surface area contributed by atoms with E-state index in [-0.39, 0.29) is 42.9 Å². The number of pyridine rings is 2. The van der Waals surface area contributed by atoms with Crippen LogP contribution in [0.4, 0.5) is 4.79 Å². The third-order valence-electron chi connectivity index (χ3n) is 13.9. The molecule has 15 heteroatoms. The Bertz CT molecular complexity index is 1870. The van der Waals surface area contributed by atoms with E-state index >= 15 is 0 Å². The van der Waals surface area contributed by atoms with Crippen LogP contribution in [0.25, 0.3) is 11.0 Å². The first-order valence-electron chi connectivity index (χ1n) is 21.2. The summed E-state index contributed by atoms with van der Waals surface area (Å²) in [5, 5.41) is 12.4. The number of hydrogen-bond acceptors (Lipinski definition) is 14. The summed E-state index contributed by atoms with van der Waals surface area (Å²) >= 11 is 0. The van der Waals surface area contributed by atoms with Crippen molar-refractivity contribution in [3.05, 3.63) is 36.2 Å². The summed E-state index contributed by atoms with van der Waals surface area (Å²) in [5.41, 5.74) is -0.960. The number of ketones is 2. The zero-order valence-electron chi connectivity index (χ0n) is 36.8. The molecule has 0 aromatic carbocycles. The van der Waals surface area contributed by atoms with Gasteiger partial charge in [-0.25, -0.2) is 14.8 Å². The van der Waals surface area contributed by atoms with E-state index in [1.807, 2.05) is 64.9 Å². The zero-order chi connectivity index (χ0) is 43.3. The number of carbonyl (C=O) groups is 4. The number of carbonyl (C=O) groups excluding carboxylic acids is 4. The number of methoxy groups -OCH3 is 1. The van der Waals surface area contributed by atoms with Gasteiger partial charge in [0.1, 0.15) is 23.9 Å². The number of aliphatic hydroxyl groups excluding tert-OH is 1. The van der Waals surface area contributed by atoms with Crippen LogP contribution in [0.15, 0.2) is 30.6 Å². The predicted octanol–water partition coefficient (Wildman–Crippen LogP) is 4.58. The third-order valence-corrected chi connectivity index (χ3v) is 13.9. The molecule has 0 aliphatic carbocycles. The van der Waals surface area contributed by atoms with Gasteiger partial charge in [0.15, 0.2) is 23.3 Å². The molecule has 1 N–H and O–H groups in total. The number of hydrogen-bond donors (Lipinski definition) is 1. The maximum atomic E-state index is 14.9. The number of cyclic esters (lactones) is 1. The molecule has 6 rings (SSSR count). The Hall–Kier alpha value is -3.60. The highest BCUT2D eigenvalue weighted by Crippen LogP contribution is 2.45. The fourth-order valence-corrected chi connectivity index (χ4v) is 10.3. The van der Waals surface area contributed by atoms with Crippen LogP contribution in [0.5, 0.6) is 0 Å². The van der Waals surface area contributed by atoms with E-state index in [1.54, 1.807) is 38.1 Å². The monoisotopic (exact) mass is 823 g/mol. The van der Waals surface area contributed by atoms with Gasteiger partial charge in [0.2, 0.25) is 0 Å². The van der Waals surface area contributed by atoms with Crippen molar-refractivity contribution in [1.82, 2.24) is 24.7 Å². The molecular formula is C44H65N5O10. The first-order valence-corrected chi connectivity index (χ1v) is 21.2. The van der Waals surface area contributed by atoms with E-state index in [0.29, 0.717) is 25.2 Å².